The van der Waals surface area contributed by atoms with E-state index in [2.05, 4.69) is 58.9 Å². The summed E-state index contributed by atoms with van der Waals surface area (Å²) >= 11 is 0. The Balaban J connectivity index is 2.46. The topological polar surface area (TPSA) is 27.7 Å². The summed E-state index contributed by atoms with van der Waals surface area (Å²) in [4.78, 5) is 0. The third-order valence-corrected chi connectivity index (χ3v) is 17.3. The quantitative estimate of drug-likeness (QED) is 0.249. The molecule has 0 saturated heterocycles. The standard InChI is InChI=1S/C23H46O3Si3/c1-9-27(5,6)24-23(3,4)25-29(26-28(7,8)10-2,21-17-13-11-14-18-21)22-19-15-12-16-20-22/h9-10,21-22H,1-2,11-20H2,3-8H3. The van der Waals surface area contributed by atoms with Crippen LogP contribution in [0.1, 0.15) is 78.1 Å². The van der Waals surface area contributed by atoms with Crippen molar-refractivity contribution >= 4 is 25.2 Å². The second-order valence-electron chi connectivity index (χ2n) is 10.7. The lowest BCUT2D eigenvalue weighted by molar-refractivity contribution is -0.111. The van der Waals surface area contributed by atoms with Gasteiger partial charge in [-0.05, 0) is 65.7 Å². The van der Waals surface area contributed by atoms with E-state index in [1.165, 1.54) is 64.2 Å². The first-order valence-electron chi connectivity index (χ1n) is 11.8. The lowest BCUT2D eigenvalue weighted by Crippen LogP contribution is -2.62. The smallest absolute Gasteiger partial charge is 0.336 e. The molecule has 29 heavy (non-hydrogen) atoms. The average Bonchev–Trinajstić information content (AvgIpc) is 2.67. The van der Waals surface area contributed by atoms with Crippen molar-refractivity contribution in [3.05, 3.63) is 24.6 Å². The molecule has 0 heterocycles. The van der Waals surface area contributed by atoms with Crippen LogP contribution in [-0.4, -0.2) is 31.0 Å². The van der Waals surface area contributed by atoms with E-state index in [0.717, 1.165) is 0 Å². The van der Waals surface area contributed by atoms with Crippen molar-refractivity contribution in [3.8, 4) is 0 Å². The van der Waals surface area contributed by atoms with Crippen molar-refractivity contribution in [2.45, 2.75) is 121 Å². The second kappa shape index (κ2) is 10.1. The number of hydrogen-bond acceptors (Lipinski definition) is 3. The molecule has 0 aromatic carbocycles. The van der Waals surface area contributed by atoms with Gasteiger partial charge in [-0.1, -0.05) is 49.9 Å². The molecule has 0 amide bonds. The summed E-state index contributed by atoms with van der Waals surface area (Å²) in [6.07, 6.45) is 12.9. The summed E-state index contributed by atoms with van der Waals surface area (Å²) in [7, 11) is -6.54. The van der Waals surface area contributed by atoms with Gasteiger partial charge in [0.15, 0.2) is 8.32 Å². The number of hydrogen-bond donors (Lipinski definition) is 0. The largest absolute Gasteiger partial charge is 0.432 e. The molecule has 168 valence electrons. The van der Waals surface area contributed by atoms with Crippen LogP contribution in [0.15, 0.2) is 24.6 Å². The van der Waals surface area contributed by atoms with Crippen molar-refractivity contribution in [1.29, 1.82) is 0 Å². The fourth-order valence-electron chi connectivity index (χ4n) is 5.23. The van der Waals surface area contributed by atoms with E-state index in [0.29, 0.717) is 11.1 Å². The molecule has 0 aliphatic heterocycles. The van der Waals surface area contributed by atoms with Gasteiger partial charge in [-0.25, -0.2) is 0 Å². The summed E-state index contributed by atoms with van der Waals surface area (Å²) in [5.41, 5.74) is 5.25. The van der Waals surface area contributed by atoms with E-state index in [1.54, 1.807) is 0 Å². The Morgan fingerprint density at radius 2 is 1.10 bits per heavy atom. The Hall–Kier alpha value is 0.0106. The molecule has 0 aromatic heterocycles. The predicted molar refractivity (Wildman–Crippen MR) is 132 cm³/mol. The highest BCUT2D eigenvalue weighted by Gasteiger charge is 2.57. The van der Waals surface area contributed by atoms with E-state index >= 15 is 0 Å². The van der Waals surface area contributed by atoms with Crippen LogP contribution in [0.3, 0.4) is 0 Å². The minimum atomic E-state index is -2.54. The molecule has 2 aliphatic rings. The highest BCUT2D eigenvalue weighted by atomic mass is 28.4. The normalized spacial score (nSPS) is 21.2. The molecular weight excluding hydrogens is 409 g/mol. The molecule has 0 aromatic rings. The molecule has 2 fully saturated rings. The van der Waals surface area contributed by atoms with Gasteiger partial charge in [0.2, 0.25) is 8.32 Å². The van der Waals surface area contributed by atoms with E-state index in [-0.39, 0.29) is 0 Å². The zero-order valence-electron chi connectivity index (χ0n) is 20.0. The molecule has 2 saturated carbocycles. The Morgan fingerprint density at radius 1 is 0.690 bits per heavy atom. The van der Waals surface area contributed by atoms with E-state index in [9.17, 15) is 0 Å². The van der Waals surface area contributed by atoms with Gasteiger partial charge in [0.1, 0.15) is 5.79 Å². The Kier molecular flexibility index (Phi) is 8.79. The Morgan fingerprint density at radius 3 is 1.48 bits per heavy atom. The van der Waals surface area contributed by atoms with Gasteiger partial charge in [0.25, 0.3) is 0 Å². The third-order valence-electron chi connectivity index (χ3n) is 6.67. The Labute approximate surface area is 183 Å². The van der Waals surface area contributed by atoms with Gasteiger partial charge >= 0.3 is 8.56 Å². The molecule has 0 N–H and O–H groups in total. The van der Waals surface area contributed by atoms with Crippen molar-refractivity contribution in [3.63, 3.8) is 0 Å². The van der Waals surface area contributed by atoms with Crippen molar-refractivity contribution in [1.82, 2.24) is 0 Å². The van der Waals surface area contributed by atoms with Crippen molar-refractivity contribution < 1.29 is 13.0 Å². The molecule has 0 atom stereocenters. The van der Waals surface area contributed by atoms with Crippen LogP contribution in [0.25, 0.3) is 0 Å². The molecule has 0 bridgehead atoms. The van der Waals surface area contributed by atoms with Gasteiger partial charge in [-0.15, -0.1) is 13.2 Å². The minimum Gasteiger partial charge on any atom is -0.432 e. The van der Waals surface area contributed by atoms with E-state index in [4.69, 9.17) is 13.0 Å². The molecule has 2 rings (SSSR count). The lowest BCUT2D eigenvalue weighted by Gasteiger charge is -2.52. The first-order valence-corrected chi connectivity index (χ1v) is 19.8. The van der Waals surface area contributed by atoms with Gasteiger partial charge < -0.3 is 13.0 Å². The Bertz CT molecular complexity index is 530. The van der Waals surface area contributed by atoms with Crippen LogP contribution in [0, 0.1) is 0 Å². The SMILES string of the molecule is C=C[Si](C)(C)OC(C)(C)O[Si](O[Si](C)(C)C=C)(C1CCCCC1)C1CCCCC1. The second-order valence-corrected chi connectivity index (χ2v) is 22.2. The third kappa shape index (κ3) is 7.01. The van der Waals surface area contributed by atoms with Crippen LogP contribution in [0.4, 0.5) is 0 Å². The van der Waals surface area contributed by atoms with Crippen LogP contribution in [-0.2, 0) is 13.0 Å². The van der Waals surface area contributed by atoms with Gasteiger partial charge in [0.05, 0.1) is 0 Å². The first kappa shape index (κ1) is 25.3. The summed E-state index contributed by atoms with van der Waals surface area (Å²) in [6, 6.07) is 0. The molecule has 0 radical (unpaired) electrons. The fourth-order valence-corrected chi connectivity index (χ4v) is 16.1. The highest BCUT2D eigenvalue weighted by Crippen LogP contribution is 2.52. The lowest BCUT2D eigenvalue weighted by atomic mass is 9.99. The molecular formula is C23H46O3Si3. The molecule has 0 spiro atoms. The van der Waals surface area contributed by atoms with Crippen LogP contribution < -0.4 is 0 Å². The molecule has 3 nitrogen and oxygen atoms in total. The monoisotopic (exact) mass is 454 g/mol. The van der Waals surface area contributed by atoms with E-state index in [1.807, 2.05) is 5.70 Å². The molecule has 2 aliphatic carbocycles. The average molecular weight is 455 g/mol. The van der Waals surface area contributed by atoms with Crippen LogP contribution in [0.5, 0.6) is 0 Å². The van der Waals surface area contributed by atoms with Crippen LogP contribution >= 0.6 is 0 Å². The zero-order chi connectivity index (χ0) is 21.8. The van der Waals surface area contributed by atoms with Gasteiger partial charge in [-0.2, -0.15) is 0 Å². The highest BCUT2D eigenvalue weighted by molar-refractivity contribution is 6.87. The number of rotatable bonds is 10. The molecule has 6 heteroatoms. The van der Waals surface area contributed by atoms with Crippen molar-refractivity contribution in [2.75, 3.05) is 0 Å². The maximum atomic E-state index is 7.28. The predicted octanol–water partition coefficient (Wildman–Crippen LogP) is 7.74. The van der Waals surface area contributed by atoms with Gasteiger partial charge in [0, 0.05) is 11.1 Å². The van der Waals surface area contributed by atoms with E-state index < -0.39 is 31.0 Å². The van der Waals surface area contributed by atoms with Crippen LogP contribution in [0.2, 0.25) is 37.3 Å². The summed E-state index contributed by atoms with van der Waals surface area (Å²) in [5.74, 6) is -0.642. The zero-order valence-corrected chi connectivity index (χ0v) is 23.0. The maximum Gasteiger partial charge on any atom is 0.336 e. The minimum absolute atomic E-state index is 0.572. The van der Waals surface area contributed by atoms with Gasteiger partial charge in [-0.3, -0.25) is 0 Å². The fraction of sp³-hybridized carbons (Fsp3) is 0.826. The van der Waals surface area contributed by atoms with Crippen molar-refractivity contribution in [2.24, 2.45) is 0 Å². The molecule has 0 unspecified atom stereocenters. The maximum absolute atomic E-state index is 7.28. The summed E-state index contributed by atoms with van der Waals surface area (Å²) < 4.78 is 21.1. The summed E-state index contributed by atoms with van der Waals surface area (Å²) in [5, 5.41) is 0. The summed E-state index contributed by atoms with van der Waals surface area (Å²) in [6.45, 7) is 21.3. The first-order chi connectivity index (χ1) is 13.5.